The van der Waals surface area contributed by atoms with Crippen LogP contribution in [0.1, 0.15) is 36.7 Å². The highest BCUT2D eigenvalue weighted by atomic mass is 127. The summed E-state index contributed by atoms with van der Waals surface area (Å²) >= 11 is 8.18. The highest BCUT2D eigenvalue weighted by molar-refractivity contribution is 14.1. The molecule has 0 unspecified atom stereocenters. The Bertz CT molecular complexity index is 599. The second-order valence-corrected chi connectivity index (χ2v) is 9.15. The normalized spacial score (nSPS) is 13.1. The lowest BCUT2D eigenvalue weighted by Gasteiger charge is -2.11. The quantitative estimate of drug-likeness (QED) is 0.549. The molecule has 1 N–H and O–H groups in total. The van der Waals surface area contributed by atoms with E-state index in [4.69, 9.17) is 0 Å². The fourth-order valence-electron chi connectivity index (χ4n) is 1.92. The van der Waals surface area contributed by atoms with Crippen LogP contribution in [0.4, 0.5) is 0 Å². The maximum atomic E-state index is 10.7. The smallest absolute Gasteiger partial charge is 0.116 e. The third-order valence-corrected chi connectivity index (χ3v) is 8.90. The lowest BCUT2D eigenvalue weighted by molar-refractivity contribution is 0.222. The molecule has 0 saturated heterocycles. The molecule has 98 valence electrons. The number of halogens is 2. The largest absolute Gasteiger partial charge is 0.383 e. The van der Waals surface area contributed by atoms with Crippen LogP contribution in [0, 0.1) is 34.8 Å². The van der Waals surface area contributed by atoms with E-state index in [1.165, 1.54) is 27.3 Å². The fraction of sp³-hybridized carbons (Fsp3) is 0.385. The molecule has 1 nitrogen and oxygen atoms in total. The zero-order valence-corrected chi connectivity index (χ0v) is 16.5. The molecule has 5 heteroatoms. The number of thiophene rings is 2. The van der Waals surface area contributed by atoms with E-state index in [1.54, 1.807) is 22.7 Å². The van der Waals surface area contributed by atoms with Gasteiger partial charge in [-0.2, -0.15) is 0 Å². The van der Waals surface area contributed by atoms with Crippen LogP contribution in [0.5, 0.6) is 0 Å². The van der Waals surface area contributed by atoms with Crippen molar-refractivity contribution in [1.82, 2.24) is 0 Å². The number of rotatable bonds is 2. The van der Waals surface area contributed by atoms with E-state index in [2.05, 4.69) is 72.9 Å². The first-order valence-electron chi connectivity index (χ1n) is 5.53. The van der Waals surface area contributed by atoms with Gasteiger partial charge in [-0.15, -0.1) is 22.7 Å². The Morgan fingerprint density at radius 2 is 1.50 bits per heavy atom. The summed E-state index contributed by atoms with van der Waals surface area (Å²) in [5.41, 5.74) is 2.39. The summed E-state index contributed by atoms with van der Waals surface area (Å²) in [5.74, 6) is 0. The molecule has 0 aliphatic rings. The molecule has 2 rings (SSSR count). The van der Waals surface area contributed by atoms with E-state index in [0.717, 1.165) is 10.4 Å². The maximum absolute atomic E-state index is 10.7. The van der Waals surface area contributed by atoms with Gasteiger partial charge in [-0.1, -0.05) is 0 Å². The van der Waals surface area contributed by atoms with Crippen LogP contribution in [0.15, 0.2) is 0 Å². The zero-order valence-electron chi connectivity index (χ0n) is 10.6. The first-order chi connectivity index (χ1) is 8.34. The van der Waals surface area contributed by atoms with Crippen LogP contribution in [0.3, 0.4) is 0 Å². The Balaban J connectivity index is 2.54. The predicted octanol–water partition coefficient (Wildman–Crippen LogP) is 5.33. The van der Waals surface area contributed by atoms with Crippen molar-refractivity contribution >= 4 is 67.9 Å². The molecule has 0 fully saturated rings. The highest BCUT2D eigenvalue weighted by Crippen LogP contribution is 2.41. The summed E-state index contributed by atoms with van der Waals surface area (Å²) in [7, 11) is 0. The van der Waals surface area contributed by atoms with Crippen molar-refractivity contribution in [3.05, 3.63) is 37.8 Å². The molecule has 0 amide bonds. The Morgan fingerprint density at radius 3 is 1.89 bits per heavy atom. The van der Waals surface area contributed by atoms with Gasteiger partial charge in [0.25, 0.3) is 0 Å². The fourth-order valence-corrected chi connectivity index (χ4v) is 6.38. The second-order valence-electron chi connectivity index (χ2n) is 4.31. The molecule has 0 radical (unpaired) electrons. The van der Waals surface area contributed by atoms with Crippen molar-refractivity contribution in [1.29, 1.82) is 0 Å². The van der Waals surface area contributed by atoms with Crippen LogP contribution in [-0.4, -0.2) is 5.11 Å². The SMILES string of the molecule is Cc1sc([C@@H](O)c2c(C)sc(C)c2I)c(I)c1C. The summed E-state index contributed by atoms with van der Waals surface area (Å²) in [5, 5.41) is 10.7. The van der Waals surface area contributed by atoms with E-state index < -0.39 is 6.10 Å². The summed E-state index contributed by atoms with van der Waals surface area (Å²) in [6, 6.07) is 0. The topological polar surface area (TPSA) is 20.2 Å². The van der Waals surface area contributed by atoms with Crippen LogP contribution in [0.2, 0.25) is 0 Å². The molecule has 1 atom stereocenters. The number of aliphatic hydroxyl groups excluding tert-OH is 1. The zero-order chi connectivity index (χ0) is 13.6. The third-order valence-electron chi connectivity index (χ3n) is 3.09. The van der Waals surface area contributed by atoms with Crippen molar-refractivity contribution in [2.24, 2.45) is 0 Å². The minimum absolute atomic E-state index is 0.480. The highest BCUT2D eigenvalue weighted by Gasteiger charge is 2.24. The molecule has 0 bridgehead atoms. The first kappa shape index (κ1) is 15.2. The minimum Gasteiger partial charge on any atom is -0.383 e. The lowest BCUT2D eigenvalue weighted by Crippen LogP contribution is -2.01. The van der Waals surface area contributed by atoms with Crippen molar-refractivity contribution in [3.63, 3.8) is 0 Å². The van der Waals surface area contributed by atoms with Gasteiger partial charge < -0.3 is 5.11 Å². The van der Waals surface area contributed by atoms with Crippen molar-refractivity contribution in [2.45, 2.75) is 33.8 Å². The van der Waals surface area contributed by atoms with Gasteiger partial charge in [0.15, 0.2) is 0 Å². The maximum Gasteiger partial charge on any atom is 0.116 e. The lowest BCUT2D eigenvalue weighted by atomic mass is 10.1. The molecule has 0 aromatic carbocycles. The Kier molecular flexibility index (Phi) is 4.79. The van der Waals surface area contributed by atoms with Gasteiger partial charge in [0.2, 0.25) is 0 Å². The molecule has 2 aromatic heterocycles. The van der Waals surface area contributed by atoms with Crippen LogP contribution in [-0.2, 0) is 0 Å². The standard InChI is InChI=1S/C13H14I2OS2/c1-5-6(2)18-13(10(5)14)12(16)9-7(3)17-8(4)11(9)15/h12,16H,1-4H3/t12-/m0/s1. The molecular weight excluding hydrogens is 490 g/mol. The third kappa shape index (κ3) is 2.53. The Labute approximate surface area is 143 Å². The average Bonchev–Trinajstić information content (AvgIpc) is 2.70. The van der Waals surface area contributed by atoms with Gasteiger partial charge in [0.1, 0.15) is 6.10 Å². The molecule has 0 aliphatic carbocycles. The average molecular weight is 504 g/mol. The number of aryl methyl sites for hydroxylation is 3. The number of aliphatic hydroxyl groups is 1. The van der Waals surface area contributed by atoms with Crippen LogP contribution < -0.4 is 0 Å². The van der Waals surface area contributed by atoms with Crippen LogP contribution >= 0.6 is 67.9 Å². The Hall–Kier alpha value is 0.820. The van der Waals surface area contributed by atoms with Gasteiger partial charge in [0, 0.05) is 27.3 Å². The second kappa shape index (κ2) is 5.67. The van der Waals surface area contributed by atoms with Gasteiger partial charge in [0.05, 0.1) is 4.88 Å². The van der Waals surface area contributed by atoms with Crippen molar-refractivity contribution in [2.75, 3.05) is 0 Å². The number of hydrogen-bond donors (Lipinski definition) is 1. The molecule has 0 saturated carbocycles. The summed E-state index contributed by atoms with van der Waals surface area (Å²) in [4.78, 5) is 4.91. The van der Waals surface area contributed by atoms with E-state index in [0.29, 0.717) is 0 Å². The van der Waals surface area contributed by atoms with E-state index >= 15 is 0 Å². The van der Waals surface area contributed by atoms with Crippen molar-refractivity contribution in [3.8, 4) is 0 Å². The summed E-state index contributed by atoms with van der Waals surface area (Å²) in [6.45, 7) is 8.46. The van der Waals surface area contributed by atoms with Gasteiger partial charge in [-0.25, -0.2) is 0 Å². The van der Waals surface area contributed by atoms with Gasteiger partial charge in [-0.3, -0.25) is 0 Å². The summed E-state index contributed by atoms with van der Waals surface area (Å²) < 4.78 is 2.42. The van der Waals surface area contributed by atoms with Crippen molar-refractivity contribution < 1.29 is 5.11 Å². The predicted molar refractivity (Wildman–Crippen MR) is 97.1 cm³/mol. The Morgan fingerprint density at radius 1 is 0.889 bits per heavy atom. The molecule has 2 aromatic rings. The molecule has 18 heavy (non-hydrogen) atoms. The van der Waals surface area contributed by atoms with E-state index in [9.17, 15) is 5.11 Å². The molecule has 0 spiro atoms. The first-order valence-corrected chi connectivity index (χ1v) is 9.32. The molecule has 2 heterocycles. The van der Waals surface area contributed by atoms with Gasteiger partial charge in [-0.05, 0) is 78.4 Å². The summed E-state index contributed by atoms with van der Waals surface area (Å²) in [6.07, 6.45) is -0.480. The van der Waals surface area contributed by atoms with Gasteiger partial charge >= 0.3 is 0 Å². The molecule has 0 aliphatic heterocycles. The monoisotopic (exact) mass is 504 g/mol. The number of hydrogen-bond acceptors (Lipinski definition) is 3. The van der Waals surface area contributed by atoms with E-state index in [-0.39, 0.29) is 0 Å². The van der Waals surface area contributed by atoms with E-state index in [1.807, 2.05) is 0 Å². The molecular formula is C13H14I2OS2. The minimum atomic E-state index is -0.480. The van der Waals surface area contributed by atoms with Crippen LogP contribution in [0.25, 0.3) is 0 Å².